The summed E-state index contributed by atoms with van der Waals surface area (Å²) in [5.74, 6) is 0. The van der Waals surface area contributed by atoms with Crippen LogP contribution in [0.3, 0.4) is 0 Å². The van der Waals surface area contributed by atoms with E-state index in [4.69, 9.17) is 4.74 Å². The molecule has 0 radical (unpaired) electrons. The fourth-order valence-corrected chi connectivity index (χ4v) is 6.54. The van der Waals surface area contributed by atoms with Gasteiger partial charge >= 0.3 is 12.1 Å². The third-order valence-electron chi connectivity index (χ3n) is 9.20. The van der Waals surface area contributed by atoms with E-state index in [2.05, 4.69) is 106 Å². The van der Waals surface area contributed by atoms with Crippen molar-refractivity contribution in [2.45, 2.75) is 104 Å². The van der Waals surface area contributed by atoms with Gasteiger partial charge in [-0.25, -0.2) is 9.59 Å². The zero-order valence-corrected chi connectivity index (χ0v) is 28.9. The van der Waals surface area contributed by atoms with Crippen LogP contribution in [0.15, 0.2) is 54.6 Å². The Kier molecular flexibility index (Phi) is 10.1. The first-order valence-electron chi connectivity index (χ1n) is 16.4. The predicted molar refractivity (Wildman–Crippen MR) is 179 cm³/mol. The van der Waals surface area contributed by atoms with Crippen molar-refractivity contribution in [3.63, 3.8) is 0 Å². The smallest absolute Gasteiger partial charge is 0.410 e. The van der Waals surface area contributed by atoms with Crippen LogP contribution in [-0.4, -0.2) is 89.2 Å². The lowest BCUT2D eigenvalue weighted by Gasteiger charge is -2.51. The molecule has 7 heteroatoms. The van der Waals surface area contributed by atoms with Crippen LogP contribution in [0.1, 0.15) is 97.9 Å². The van der Waals surface area contributed by atoms with E-state index in [9.17, 15) is 9.59 Å². The highest BCUT2D eigenvalue weighted by molar-refractivity contribution is 5.75. The van der Waals surface area contributed by atoms with E-state index in [1.165, 1.54) is 16.7 Å². The van der Waals surface area contributed by atoms with Crippen molar-refractivity contribution in [1.82, 2.24) is 19.6 Å². The van der Waals surface area contributed by atoms with E-state index >= 15 is 0 Å². The highest BCUT2D eigenvalue weighted by Gasteiger charge is 2.42. The number of rotatable bonds is 4. The average Bonchev–Trinajstić information content (AvgIpc) is 2.95. The van der Waals surface area contributed by atoms with E-state index in [1.54, 1.807) is 4.90 Å². The normalized spacial score (nSPS) is 19.9. The van der Waals surface area contributed by atoms with Crippen LogP contribution in [0.2, 0.25) is 0 Å². The number of nitrogens with zero attached hydrogens (tertiary/aromatic N) is 4. The molecule has 3 amide bonds. The van der Waals surface area contributed by atoms with Gasteiger partial charge in [0.05, 0.1) is 12.1 Å². The van der Waals surface area contributed by atoms with Gasteiger partial charge in [0.25, 0.3) is 0 Å². The van der Waals surface area contributed by atoms with Crippen LogP contribution in [0.25, 0.3) is 0 Å². The van der Waals surface area contributed by atoms with Gasteiger partial charge in [0.15, 0.2) is 0 Å². The Hall–Kier alpha value is -3.06. The van der Waals surface area contributed by atoms with Crippen molar-refractivity contribution in [2.24, 2.45) is 5.41 Å². The van der Waals surface area contributed by atoms with E-state index in [0.29, 0.717) is 19.6 Å². The summed E-state index contributed by atoms with van der Waals surface area (Å²) in [6.45, 7) is 22.6. The maximum Gasteiger partial charge on any atom is 0.410 e. The Bertz CT molecular complexity index is 1250. The molecule has 0 aromatic heterocycles. The number of carbonyl (C=O) groups excluding carboxylic acids is 2. The van der Waals surface area contributed by atoms with E-state index in [1.807, 2.05) is 32.7 Å². The number of piperidine rings is 1. The Labute approximate surface area is 266 Å². The average molecular weight is 605 g/mol. The second-order valence-electron chi connectivity index (χ2n) is 15.8. The second-order valence-corrected chi connectivity index (χ2v) is 15.8. The lowest BCUT2D eigenvalue weighted by Crippen LogP contribution is -2.63. The summed E-state index contributed by atoms with van der Waals surface area (Å²) >= 11 is 0. The third kappa shape index (κ3) is 8.15. The van der Waals surface area contributed by atoms with Gasteiger partial charge in [-0.1, -0.05) is 96.1 Å². The Morgan fingerprint density at radius 2 is 1.36 bits per heavy atom. The molecule has 0 aliphatic carbocycles. The minimum Gasteiger partial charge on any atom is -0.444 e. The number of carbonyl (C=O) groups is 2. The molecule has 2 saturated heterocycles. The summed E-state index contributed by atoms with van der Waals surface area (Å²) in [6, 6.07) is 20.2. The molecule has 0 spiro atoms. The lowest BCUT2D eigenvalue weighted by molar-refractivity contribution is 0.00582. The van der Waals surface area contributed by atoms with Crippen LogP contribution in [0, 0.1) is 5.41 Å². The molecule has 0 saturated carbocycles. The number of ether oxygens (including phenoxy) is 1. The van der Waals surface area contributed by atoms with Gasteiger partial charge in [0.2, 0.25) is 0 Å². The number of amides is 3. The summed E-state index contributed by atoms with van der Waals surface area (Å²) in [5.41, 5.74) is 3.37. The molecule has 2 fully saturated rings. The third-order valence-corrected chi connectivity index (χ3v) is 9.20. The van der Waals surface area contributed by atoms with Crippen molar-refractivity contribution in [3.05, 3.63) is 71.3 Å². The minimum atomic E-state index is -0.514. The van der Waals surface area contributed by atoms with Crippen molar-refractivity contribution in [1.29, 1.82) is 0 Å². The summed E-state index contributed by atoms with van der Waals surface area (Å²) < 4.78 is 5.57. The maximum absolute atomic E-state index is 14.1. The number of hydrogen-bond acceptors (Lipinski definition) is 4. The number of hydrogen-bond donors (Lipinski definition) is 0. The zero-order valence-electron chi connectivity index (χ0n) is 28.9. The van der Waals surface area contributed by atoms with Gasteiger partial charge in [0.1, 0.15) is 5.60 Å². The fraction of sp³-hybridized carbons (Fsp3) is 0.622. The van der Waals surface area contributed by atoms with Crippen LogP contribution < -0.4 is 0 Å². The molecule has 44 heavy (non-hydrogen) atoms. The number of urea groups is 1. The number of piperazine rings is 1. The van der Waals surface area contributed by atoms with E-state index in [-0.39, 0.29) is 41.1 Å². The zero-order chi connectivity index (χ0) is 32.4. The summed E-state index contributed by atoms with van der Waals surface area (Å²) in [5, 5.41) is 0. The van der Waals surface area contributed by atoms with Gasteiger partial charge in [-0.15, -0.1) is 0 Å². The van der Waals surface area contributed by atoms with Crippen LogP contribution >= 0.6 is 0 Å². The molecule has 1 unspecified atom stereocenters. The summed E-state index contributed by atoms with van der Waals surface area (Å²) in [7, 11) is 1.94. The quantitative estimate of drug-likeness (QED) is 0.362. The standard InChI is InChI=1S/C37H56N4O3/c1-35(2,3)29-18-16-28(17-19-29)32(27-14-12-11-13-15-27)40-24-25-41(31(26-40)36(4,5)6)33(42)38(10)30-20-22-39(23-21-30)34(43)44-37(7,8)9/h11-19,30-32H,20-26H2,1-10H3/t31-,32?/m1/s1. The molecule has 4 rings (SSSR count). The van der Waals surface area contributed by atoms with Crippen molar-refractivity contribution in [3.8, 4) is 0 Å². The second kappa shape index (κ2) is 13.1. The van der Waals surface area contributed by atoms with E-state index < -0.39 is 5.60 Å². The highest BCUT2D eigenvalue weighted by Crippen LogP contribution is 2.36. The van der Waals surface area contributed by atoms with Gasteiger partial charge < -0.3 is 19.4 Å². The van der Waals surface area contributed by atoms with Crippen molar-refractivity contribution >= 4 is 12.1 Å². The van der Waals surface area contributed by atoms with Crippen molar-refractivity contribution < 1.29 is 14.3 Å². The van der Waals surface area contributed by atoms with Crippen LogP contribution in [0.5, 0.6) is 0 Å². The highest BCUT2D eigenvalue weighted by atomic mass is 16.6. The van der Waals surface area contributed by atoms with Gasteiger partial charge in [-0.05, 0) is 61.1 Å². The Morgan fingerprint density at radius 1 is 0.795 bits per heavy atom. The molecule has 0 bridgehead atoms. The molecule has 242 valence electrons. The Balaban J connectivity index is 1.51. The van der Waals surface area contributed by atoms with Crippen LogP contribution in [0.4, 0.5) is 9.59 Å². The molecular weight excluding hydrogens is 548 g/mol. The molecule has 2 heterocycles. The Morgan fingerprint density at radius 3 is 1.89 bits per heavy atom. The number of likely N-dealkylation sites (tertiary alicyclic amines) is 1. The maximum atomic E-state index is 14.1. The van der Waals surface area contributed by atoms with Crippen molar-refractivity contribution in [2.75, 3.05) is 39.8 Å². The fourth-order valence-electron chi connectivity index (χ4n) is 6.54. The molecule has 7 nitrogen and oxygen atoms in total. The first kappa shape index (κ1) is 33.8. The first-order valence-corrected chi connectivity index (χ1v) is 16.4. The molecule has 0 N–H and O–H groups in total. The molecule has 2 aromatic carbocycles. The molecule has 2 atom stereocenters. The first-order chi connectivity index (χ1) is 20.5. The topological polar surface area (TPSA) is 56.3 Å². The van der Waals surface area contributed by atoms with Crippen LogP contribution in [-0.2, 0) is 10.2 Å². The largest absolute Gasteiger partial charge is 0.444 e. The molecule has 2 aromatic rings. The lowest BCUT2D eigenvalue weighted by atomic mass is 9.82. The molecule has 2 aliphatic heterocycles. The SMILES string of the molecule is CN(C(=O)N1CCN(C(c2ccccc2)c2ccc(C(C)(C)C)cc2)C[C@@H]1C(C)(C)C)C1CCN(C(=O)OC(C)(C)C)CC1. The summed E-state index contributed by atoms with van der Waals surface area (Å²) in [4.78, 5) is 35.1. The van der Waals surface area contributed by atoms with E-state index in [0.717, 1.165) is 25.9 Å². The monoisotopic (exact) mass is 604 g/mol. The summed E-state index contributed by atoms with van der Waals surface area (Å²) in [6.07, 6.45) is 1.24. The van der Waals surface area contributed by atoms with Gasteiger partial charge in [0, 0.05) is 45.8 Å². The molecular formula is C37H56N4O3. The minimum absolute atomic E-state index is 0.0492. The van der Waals surface area contributed by atoms with Gasteiger partial charge in [-0.3, -0.25) is 4.90 Å². The van der Waals surface area contributed by atoms with Gasteiger partial charge in [-0.2, -0.15) is 0 Å². The predicted octanol–water partition coefficient (Wildman–Crippen LogP) is 7.56. The molecule has 2 aliphatic rings. The number of benzene rings is 2.